The van der Waals surface area contributed by atoms with Gasteiger partial charge >= 0.3 is 0 Å². The largest absolute Gasteiger partial charge is 0.357 e. The fourth-order valence-electron chi connectivity index (χ4n) is 2.45. The normalized spacial score (nSPS) is 15.1. The molecule has 0 radical (unpaired) electrons. The van der Waals surface area contributed by atoms with E-state index in [2.05, 4.69) is 35.5 Å². The quantitative estimate of drug-likeness (QED) is 0.838. The Morgan fingerprint density at radius 3 is 2.52 bits per heavy atom. The SMILES string of the molecule is O=S(=O)(NCc1nccc(N2CCCC2)n1)c1ccc(Br)cc1. The Balaban J connectivity index is 1.70. The molecule has 1 saturated heterocycles. The zero-order valence-electron chi connectivity index (χ0n) is 12.4. The molecule has 0 saturated carbocycles. The molecule has 0 amide bonds. The van der Waals surface area contributed by atoms with E-state index in [1.54, 1.807) is 30.5 Å². The zero-order valence-corrected chi connectivity index (χ0v) is 14.8. The fraction of sp³-hybridized carbons (Fsp3) is 0.333. The van der Waals surface area contributed by atoms with Gasteiger partial charge < -0.3 is 4.90 Å². The van der Waals surface area contributed by atoms with E-state index in [0.717, 1.165) is 36.2 Å². The van der Waals surface area contributed by atoms with Crippen LogP contribution < -0.4 is 9.62 Å². The third-order valence-corrected chi connectivity index (χ3v) is 5.61. The Bertz CT molecular complexity index is 774. The van der Waals surface area contributed by atoms with Crippen molar-refractivity contribution in [2.45, 2.75) is 24.3 Å². The van der Waals surface area contributed by atoms with Crippen LogP contribution in [-0.2, 0) is 16.6 Å². The van der Waals surface area contributed by atoms with Crippen molar-refractivity contribution in [2.24, 2.45) is 0 Å². The molecule has 0 spiro atoms. The minimum absolute atomic E-state index is 0.0695. The Hall–Kier alpha value is -1.51. The van der Waals surface area contributed by atoms with E-state index in [4.69, 9.17) is 0 Å². The molecule has 0 bridgehead atoms. The second kappa shape index (κ2) is 6.94. The van der Waals surface area contributed by atoms with Crippen molar-refractivity contribution in [1.82, 2.24) is 14.7 Å². The highest BCUT2D eigenvalue weighted by atomic mass is 79.9. The van der Waals surface area contributed by atoms with E-state index in [9.17, 15) is 8.42 Å². The first-order valence-corrected chi connectivity index (χ1v) is 9.64. The smallest absolute Gasteiger partial charge is 0.240 e. The minimum atomic E-state index is -3.57. The van der Waals surface area contributed by atoms with Gasteiger partial charge in [-0.05, 0) is 43.2 Å². The summed E-state index contributed by atoms with van der Waals surface area (Å²) in [6, 6.07) is 8.35. The summed E-state index contributed by atoms with van der Waals surface area (Å²) in [5, 5.41) is 0. The van der Waals surface area contributed by atoms with E-state index in [0.29, 0.717) is 5.82 Å². The first kappa shape index (κ1) is 16.4. The molecule has 23 heavy (non-hydrogen) atoms. The van der Waals surface area contributed by atoms with Crippen LogP contribution in [0.3, 0.4) is 0 Å². The van der Waals surface area contributed by atoms with Gasteiger partial charge in [-0.25, -0.2) is 23.1 Å². The van der Waals surface area contributed by atoms with Crippen molar-refractivity contribution in [3.63, 3.8) is 0 Å². The molecule has 3 rings (SSSR count). The van der Waals surface area contributed by atoms with Gasteiger partial charge in [-0.1, -0.05) is 15.9 Å². The van der Waals surface area contributed by atoms with Gasteiger partial charge in [0.25, 0.3) is 0 Å². The summed E-state index contributed by atoms with van der Waals surface area (Å²) in [6.45, 7) is 2.04. The highest BCUT2D eigenvalue weighted by Crippen LogP contribution is 2.17. The molecule has 1 aliphatic rings. The molecule has 1 N–H and O–H groups in total. The molecule has 0 unspecified atom stereocenters. The summed E-state index contributed by atoms with van der Waals surface area (Å²) >= 11 is 3.29. The third kappa shape index (κ3) is 4.07. The van der Waals surface area contributed by atoms with Crippen molar-refractivity contribution >= 4 is 31.8 Å². The number of aromatic nitrogens is 2. The van der Waals surface area contributed by atoms with Crippen molar-refractivity contribution in [3.05, 3.63) is 46.8 Å². The van der Waals surface area contributed by atoms with E-state index in [1.807, 2.05) is 6.07 Å². The molecule has 1 aromatic heterocycles. The highest BCUT2D eigenvalue weighted by molar-refractivity contribution is 9.10. The van der Waals surface area contributed by atoms with Crippen LogP contribution in [0.1, 0.15) is 18.7 Å². The summed E-state index contributed by atoms with van der Waals surface area (Å²) in [4.78, 5) is 11.0. The number of nitrogens with one attached hydrogen (secondary N) is 1. The lowest BCUT2D eigenvalue weighted by Gasteiger charge is -2.16. The number of hydrogen-bond acceptors (Lipinski definition) is 5. The van der Waals surface area contributed by atoms with E-state index in [1.165, 1.54) is 0 Å². The van der Waals surface area contributed by atoms with Gasteiger partial charge in [-0.2, -0.15) is 0 Å². The number of benzene rings is 1. The topological polar surface area (TPSA) is 75.2 Å². The number of halogens is 1. The summed E-state index contributed by atoms with van der Waals surface area (Å²) in [6.07, 6.45) is 4.00. The Kier molecular flexibility index (Phi) is 4.93. The predicted molar refractivity (Wildman–Crippen MR) is 91.6 cm³/mol. The first-order valence-electron chi connectivity index (χ1n) is 7.37. The molecular formula is C15H17BrN4O2S. The van der Waals surface area contributed by atoms with Crippen molar-refractivity contribution in [3.8, 4) is 0 Å². The molecule has 6 nitrogen and oxygen atoms in total. The van der Waals surface area contributed by atoms with Crippen molar-refractivity contribution in [2.75, 3.05) is 18.0 Å². The van der Waals surface area contributed by atoms with E-state index < -0.39 is 10.0 Å². The van der Waals surface area contributed by atoms with Crippen molar-refractivity contribution < 1.29 is 8.42 Å². The maximum Gasteiger partial charge on any atom is 0.240 e. The van der Waals surface area contributed by atoms with E-state index in [-0.39, 0.29) is 11.4 Å². The summed E-state index contributed by atoms with van der Waals surface area (Å²) in [5.74, 6) is 1.32. The van der Waals surface area contributed by atoms with Crippen LogP contribution in [0.25, 0.3) is 0 Å². The Morgan fingerprint density at radius 1 is 1.13 bits per heavy atom. The van der Waals surface area contributed by atoms with Gasteiger partial charge in [-0.3, -0.25) is 0 Å². The molecule has 1 aliphatic heterocycles. The maximum absolute atomic E-state index is 12.3. The first-order chi connectivity index (χ1) is 11.0. The van der Waals surface area contributed by atoms with Gasteiger partial charge in [0, 0.05) is 23.8 Å². The third-order valence-electron chi connectivity index (χ3n) is 3.67. The van der Waals surface area contributed by atoms with Gasteiger partial charge in [-0.15, -0.1) is 0 Å². The average Bonchev–Trinajstić information content (AvgIpc) is 3.08. The monoisotopic (exact) mass is 396 g/mol. The molecule has 0 aliphatic carbocycles. The second-order valence-corrected chi connectivity index (χ2v) is 7.99. The maximum atomic E-state index is 12.3. The van der Waals surface area contributed by atoms with Crippen LogP contribution in [-0.4, -0.2) is 31.5 Å². The second-order valence-electron chi connectivity index (χ2n) is 5.30. The van der Waals surface area contributed by atoms with Gasteiger partial charge in [0.1, 0.15) is 11.6 Å². The van der Waals surface area contributed by atoms with Crippen LogP contribution in [0.4, 0.5) is 5.82 Å². The van der Waals surface area contributed by atoms with Gasteiger partial charge in [0.05, 0.1) is 11.4 Å². The molecule has 1 fully saturated rings. The number of hydrogen-bond donors (Lipinski definition) is 1. The molecule has 122 valence electrons. The van der Waals surface area contributed by atoms with Crippen LogP contribution in [0.2, 0.25) is 0 Å². The van der Waals surface area contributed by atoms with Crippen LogP contribution in [0, 0.1) is 0 Å². The average molecular weight is 397 g/mol. The number of anilines is 1. The number of rotatable bonds is 5. The summed E-state index contributed by atoms with van der Waals surface area (Å²) in [7, 11) is -3.57. The highest BCUT2D eigenvalue weighted by Gasteiger charge is 2.16. The molecular weight excluding hydrogens is 380 g/mol. The number of nitrogens with zero attached hydrogens (tertiary/aromatic N) is 3. The van der Waals surface area contributed by atoms with Gasteiger partial charge in [0.15, 0.2) is 0 Å². The van der Waals surface area contributed by atoms with Crippen molar-refractivity contribution in [1.29, 1.82) is 0 Å². The molecule has 8 heteroatoms. The lowest BCUT2D eigenvalue weighted by Crippen LogP contribution is -2.25. The fourth-order valence-corrected chi connectivity index (χ4v) is 3.70. The Labute approximate surface area is 144 Å². The zero-order chi connectivity index (χ0) is 16.3. The number of sulfonamides is 1. The lowest BCUT2D eigenvalue weighted by atomic mass is 10.4. The molecule has 1 aromatic carbocycles. The molecule has 2 heterocycles. The van der Waals surface area contributed by atoms with Crippen LogP contribution in [0.15, 0.2) is 45.9 Å². The standard InChI is InChI=1S/C15H17BrN4O2S/c16-12-3-5-13(6-4-12)23(21,22)18-11-14-17-8-7-15(19-14)20-9-1-2-10-20/h3-8,18H,1-2,9-11H2. The van der Waals surface area contributed by atoms with Crippen LogP contribution in [0.5, 0.6) is 0 Å². The summed E-state index contributed by atoms with van der Waals surface area (Å²) < 4.78 is 27.9. The van der Waals surface area contributed by atoms with Crippen LogP contribution >= 0.6 is 15.9 Å². The minimum Gasteiger partial charge on any atom is -0.357 e. The predicted octanol–water partition coefficient (Wildman–Crippen LogP) is 2.32. The molecule has 2 aromatic rings. The Morgan fingerprint density at radius 2 is 1.83 bits per heavy atom. The summed E-state index contributed by atoms with van der Waals surface area (Å²) in [5.41, 5.74) is 0. The molecule has 0 atom stereocenters. The van der Waals surface area contributed by atoms with E-state index >= 15 is 0 Å². The van der Waals surface area contributed by atoms with Gasteiger partial charge in [0.2, 0.25) is 10.0 Å². The lowest BCUT2D eigenvalue weighted by molar-refractivity contribution is 0.579.